The van der Waals surface area contributed by atoms with Crippen LogP contribution in [-0.4, -0.2) is 24.1 Å². The molecule has 0 aliphatic heterocycles. The minimum Gasteiger partial charge on any atom is -0.501 e. The molecule has 3 nitrogen and oxygen atoms in total. The van der Waals surface area contributed by atoms with Crippen molar-refractivity contribution in [3.05, 3.63) is 12.3 Å². The zero-order valence-corrected chi connectivity index (χ0v) is 7.75. The fraction of sp³-hybridized carbons (Fsp3) is 0.500. The number of carbonyl (C=O) groups is 1. The SMILES string of the molecule is CCO/C=C/C#CC(=O)CCCO. The van der Waals surface area contributed by atoms with Gasteiger partial charge in [-0.2, -0.15) is 0 Å². The topological polar surface area (TPSA) is 46.5 Å². The van der Waals surface area contributed by atoms with E-state index < -0.39 is 0 Å². The summed E-state index contributed by atoms with van der Waals surface area (Å²) in [6, 6.07) is 0. The summed E-state index contributed by atoms with van der Waals surface area (Å²) in [5.41, 5.74) is 0. The summed E-state index contributed by atoms with van der Waals surface area (Å²) < 4.78 is 4.86. The maximum Gasteiger partial charge on any atom is 0.205 e. The van der Waals surface area contributed by atoms with Crippen LogP contribution in [0.2, 0.25) is 0 Å². The minimum atomic E-state index is -0.157. The summed E-state index contributed by atoms with van der Waals surface area (Å²) in [7, 11) is 0. The van der Waals surface area contributed by atoms with Gasteiger partial charge in [0.05, 0.1) is 12.9 Å². The Hall–Kier alpha value is -1.27. The van der Waals surface area contributed by atoms with E-state index >= 15 is 0 Å². The molecule has 0 amide bonds. The Balaban J connectivity index is 3.62. The van der Waals surface area contributed by atoms with Crippen molar-refractivity contribution in [1.82, 2.24) is 0 Å². The largest absolute Gasteiger partial charge is 0.501 e. The number of carbonyl (C=O) groups excluding carboxylic acids is 1. The molecule has 3 heteroatoms. The number of aliphatic hydroxyl groups is 1. The number of aliphatic hydroxyl groups excluding tert-OH is 1. The highest BCUT2D eigenvalue weighted by Gasteiger charge is 1.93. The van der Waals surface area contributed by atoms with Crippen LogP contribution in [0.3, 0.4) is 0 Å². The zero-order valence-electron chi connectivity index (χ0n) is 7.75. The van der Waals surface area contributed by atoms with Gasteiger partial charge in [0.15, 0.2) is 0 Å². The van der Waals surface area contributed by atoms with E-state index in [-0.39, 0.29) is 12.4 Å². The lowest BCUT2D eigenvalue weighted by Gasteiger charge is -1.88. The average molecular weight is 182 g/mol. The van der Waals surface area contributed by atoms with E-state index in [1.807, 2.05) is 6.92 Å². The predicted molar refractivity (Wildman–Crippen MR) is 49.9 cm³/mol. The van der Waals surface area contributed by atoms with Crippen LogP contribution in [0.1, 0.15) is 19.8 Å². The number of ether oxygens (including phenoxy) is 1. The van der Waals surface area contributed by atoms with Crippen molar-refractivity contribution in [3.63, 3.8) is 0 Å². The monoisotopic (exact) mass is 182 g/mol. The number of rotatable bonds is 5. The molecule has 0 aliphatic rings. The number of ketones is 1. The van der Waals surface area contributed by atoms with E-state index in [1.165, 1.54) is 12.3 Å². The van der Waals surface area contributed by atoms with Crippen molar-refractivity contribution in [1.29, 1.82) is 0 Å². The van der Waals surface area contributed by atoms with Gasteiger partial charge in [0, 0.05) is 19.1 Å². The van der Waals surface area contributed by atoms with Crippen molar-refractivity contribution in [2.75, 3.05) is 13.2 Å². The predicted octanol–water partition coefficient (Wildman–Crippen LogP) is 0.882. The van der Waals surface area contributed by atoms with Crippen LogP contribution < -0.4 is 0 Å². The second-order valence-electron chi connectivity index (χ2n) is 2.28. The van der Waals surface area contributed by atoms with Gasteiger partial charge in [-0.15, -0.1) is 0 Å². The van der Waals surface area contributed by atoms with Crippen LogP contribution in [0.15, 0.2) is 12.3 Å². The third-order valence-electron chi connectivity index (χ3n) is 1.19. The highest BCUT2D eigenvalue weighted by atomic mass is 16.5. The van der Waals surface area contributed by atoms with Crippen LogP contribution in [0.25, 0.3) is 0 Å². The van der Waals surface area contributed by atoms with E-state index in [0.717, 1.165) is 0 Å². The smallest absolute Gasteiger partial charge is 0.205 e. The summed E-state index contributed by atoms with van der Waals surface area (Å²) >= 11 is 0. The number of allylic oxidation sites excluding steroid dienone is 1. The molecule has 0 saturated heterocycles. The fourth-order valence-electron chi connectivity index (χ4n) is 0.603. The molecule has 13 heavy (non-hydrogen) atoms. The quantitative estimate of drug-likeness (QED) is 0.390. The van der Waals surface area contributed by atoms with Crippen LogP contribution in [-0.2, 0) is 9.53 Å². The molecular formula is C10H14O3. The summed E-state index contributed by atoms with van der Waals surface area (Å²) in [5, 5.41) is 8.42. The van der Waals surface area contributed by atoms with Crippen LogP contribution in [0.5, 0.6) is 0 Å². The van der Waals surface area contributed by atoms with Crippen LogP contribution >= 0.6 is 0 Å². The molecule has 0 aromatic rings. The van der Waals surface area contributed by atoms with Gasteiger partial charge in [0.25, 0.3) is 0 Å². The van der Waals surface area contributed by atoms with Gasteiger partial charge >= 0.3 is 0 Å². The second-order valence-corrected chi connectivity index (χ2v) is 2.28. The van der Waals surface area contributed by atoms with E-state index in [9.17, 15) is 4.79 Å². The lowest BCUT2D eigenvalue weighted by molar-refractivity contribution is -0.114. The Bertz CT molecular complexity index is 220. The standard InChI is InChI=1S/C10H14O3/c1-2-13-9-4-3-6-10(12)7-5-8-11/h4,9,11H,2,5,7-8H2,1H3/b9-4+. The zero-order chi connectivity index (χ0) is 9.94. The third-order valence-corrected chi connectivity index (χ3v) is 1.19. The van der Waals surface area contributed by atoms with Gasteiger partial charge < -0.3 is 9.84 Å². The molecule has 0 radical (unpaired) electrons. The van der Waals surface area contributed by atoms with Gasteiger partial charge in [-0.05, 0) is 19.3 Å². The van der Waals surface area contributed by atoms with Crippen LogP contribution in [0.4, 0.5) is 0 Å². The summed E-state index contributed by atoms with van der Waals surface area (Å²) in [6.07, 6.45) is 3.72. The minimum absolute atomic E-state index is 0.0300. The molecule has 0 spiro atoms. The molecule has 0 aliphatic carbocycles. The maximum absolute atomic E-state index is 10.9. The molecule has 1 N–H and O–H groups in total. The van der Waals surface area contributed by atoms with Crippen LogP contribution in [0, 0.1) is 11.8 Å². The Morgan fingerprint density at radius 2 is 2.38 bits per heavy atom. The Kier molecular flexibility index (Phi) is 7.96. The molecule has 72 valence electrons. The molecule has 0 heterocycles. The fourth-order valence-corrected chi connectivity index (χ4v) is 0.603. The summed E-state index contributed by atoms with van der Waals surface area (Å²) in [5.74, 6) is 4.79. The number of Topliss-reactive ketones (excluding diaryl/α,β-unsaturated/α-hetero) is 1. The summed E-state index contributed by atoms with van der Waals surface area (Å²) in [6.45, 7) is 2.49. The Morgan fingerprint density at radius 1 is 1.62 bits per heavy atom. The third kappa shape index (κ3) is 8.64. The van der Waals surface area contributed by atoms with E-state index in [2.05, 4.69) is 11.8 Å². The van der Waals surface area contributed by atoms with Crippen molar-refractivity contribution in [2.24, 2.45) is 0 Å². The normalized spacial score (nSPS) is 9.38. The highest BCUT2D eigenvalue weighted by molar-refractivity contribution is 5.95. The molecular weight excluding hydrogens is 168 g/mol. The van der Waals surface area contributed by atoms with Crippen molar-refractivity contribution >= 4 is 5.78 Å². The van der Waals surface area contributed by atoms with E-state index in [0.29, 0.717) is 19.4 Å². The molecule has 0 saturated carbocycles. The van der Waals surface area contributed by atoms with Gasteiger partial charge in [0.1, 0.15) is 0 Å². The first-order valence-electron chi connectivity index (χ1n) is 4.23. The van der Waals surface area contributed by atoms with Crippen molar-refractivity contribution in [3.8, 4) is 11.8 Å². The van der Waals surface area contributed by atoms with Crippen molar-refractivity contribution < 1.29 is 14.6 Å². The molecule has 0 bridgehead atoms. The second kappa shape index (κ2) is 8.82. The van der Waals surface area contributed by atoms with E-state index in [1.54, 1.807) is 0 Å². The molecule has 0 fully saturated rings. The lowest BCUT2D eigenvalue weighted by atomic mass is 10.2. The molecule has 0 unspecified atom stereocenters. The van der Waals surface area contributed by atoms with Gasteiger partial charge in [-0.25, -0.2) is 0 Å². The first kappa shape index (κ1) is 11.7. The van der Waals surface area contributed by atoms with Gasteiger partial charge in [-0.1, -0.05) is 5.92 Å². The molecule has 0 rings (SSSR count). The first-order valence-corrected chi connectivity index (χ1v) is 4.23. The van der Waals surface area contributed by atoms with Gasteiger partial charge in [-0.3, -0.25) is 4.79 Å². The molecule has 0 aromatic heterocycles. The average Bonchev–Trinajstić information content (AvgIpc) is 2.14. The molecule has 0 aromatic carbocycles. The number of hydrogen-bond donors (Lipinski definition) is 1. The Morgan fingerprint density at radius 3 is 3.00 bits per heavy atom. The van der Waals surface area contributed by atoms with Gasteiger partial charge in [0.2, 0.25) is 5.78 Å². The summed E-state index contributed by atoms with van der Waals surface area (Å²) in [4.78, 5) is 10.9. The van der Waals surface area contributed by atoms with E-state index in [4.69, 9.17) is 9.84 Å². The van der Waals surface area contributed by atoms with Crippen molar-refractivity contribution in [2.45, 2.75) is 19.8 Å². The maximum atomic E-state index is 10.9. The first-order chi connectivity index (χ1) is 6.31. The Labute approximate surface area is 78.4 Å². The molecule has 0 atom stereocenters. The highest BCUT2D eigenvalue weighted by Crippen LogP contribution is 1.87. The number of hydrogen-bond acceptors (Lipinski definition) is 3. The lowest BCUT2D eigenvalue weighted by Crippen LogP contribution is -1.94.